The molecule has 30 heavy (non-hydrogen) atoms. The first kappa shape index (κ1) is 20.9. The van der Waals surface area contributed by atoms with Crippen molar-refractivity contribution in [2.75, 3.05) is 0 Å². The highest BCUT2D eigenvalue weighted by Crippen LogP contribution is 2.68. The Bertz CT molecular complexity index is 732. The maximum atomic E-state index is 15.1. The molecule has 0 spiro atoms. The molecule has 4 fully saturated rings. The zero-order valence-electron chi connectivity index (χ0n) is 18.4. The molecule has 1 aromatic rings. The first-order valence-corrected chi connectivity index (χ1v) is 14.1. The van der Waals surface area contributed by atoms with Crippen LogP contribution < -0.4 is 0 Å². The summed E-state index contributed by atoms with van der Waals surface area (Å²) in [7, 11) is -2.96. The molecule has 5 rings (SSSR count). The lowest BCUT2D eigenvalue weighted by Gasteiger charge is -2.39. The fourth-order valence-corrected chi connectivity index (χ4v) is 10.1. The first-order valence-electron chi connectivity index (χ1n) is 12.6. The number of hydrogen-bond acceptors (Lipinski definition) is 1. The van der Waals surface area contributed by atoms with E-state index in [0.29, 0.717) is 24.2 Å². The Kier molecular flexibility index (Phi) is 6.46. The minimum atomic E-state index is -2.96. The lowest BCUT2D eigenvalue weighted by molar-refractivity contribution is 0.133. The van der Waals surface area contributed by atoms with Crippen LogP contribution in [0.4, 0.5) is 0 Å². The zero-order chi connectivity index (χ0) is 20.4. The van der Waals surface area contributed by atoms with Crippen molar-refractivity contribution < 1.29 is 4.57 Å². The lowest BCUT2D eigenvalue weighted by atomic mass is 9.86. The molecule has 1 aromatic carbocycles. The molecule has 4 aliphatic rings. The Balaban J connectivity index is 1.55. The SMILES string of the molecule is O=P1(/N=C/c2ccccc2)N(C2CCCCC2)[C@@H]2CCCC[C@H]2N1C1CCCCC1. The Labute approximate surface area is 182 Å². The zero-order valence-corrected chi connectivity index (χ0v) is 19.3. The summed E-state index contributed by atoms with van der Waals surface area (Å²) in [5, 5.41) is 0. The van der Waals surface area contributed by atoms with E-state index in [-0.39, 0.29) is 0 Å². The van der Waals surface area contributed by atoms with E-state index < -0.39 is 7.59 Å². The van der Waals surface area contributed by atoms with Crippen molar-refractivity contribution in [3.05, 3.63) is 35.9 Å². The van der Waals surface area contributed by atoms with E-state index >= 15 is 4.57 Å². The Morgan fingerprint density at radius 1 is 0.700 bits per heavy atom. The van der Waals surface area contributed by atoms with Crippen LogP contribution in [0.1, 0.15) is 95.5 Å². The summed E-state index contributed by atoms with van der Waals surface area (Å²) in [5.41, 5.74) is 1.06. The Hall–Kier alpha value is -0.960. The van der Waals surface area contributed by atoms with Gasteiger partial charge in [-0.25, -0.2) is 14.1 Å². The van der Waals surface area contributed by atoms with Crippen LogP contribution in [0.15, 0.2) is 35.1 Å². The molecular weight excluding hydrogens is 389 g/mol. The quantitative estimate of drug-likeness (QED) is 0.391. The summed E-state index contributed by atoms with van der Waals surface area (Å²) < 4.78 is 25.1. The number of benzene rings is 1. The number of fused-ring (bicyclic) bond motifs is 1. The number of rotatable bonds is 4. The van der Waals surface area contributed by atoms with E-state index in [4.69, 9.17) is 4.76 Å². The highest BCUT2D eigenvalue weighted by molar-refractivity contribution is 7.58. The highest BCUT2D eigenvalue weighted by atomic mass is 31.2. The van der Waals surface area contributed by atoms with Crippen molar-refractivity contribution >= 4 is 13.8 Å². The van der Waals surface area contributed by atoms with Gasteiger partial charge in [-0.15, -0.1) is 0 Å². The summed E-state index contributed by atoms with van der Waals surface area (Å²) >= 11 is 0. The molecule has 2 atom stereocenters. The maximum Gasteiger partial charge on any atom is 0.330 e. The third-order valence-corrected chi connectivity index (χ3v) is 10.9. The van der Waals surface area contributed by atoms with Crippen molar-refractivity contribution in [3.8, 4) is 0 Å². The van der Waals surface area contributed by atoms with Crippen molar-refractivity contribution in [3.63, 3.8) is 0 Å². The summed E-state index contributed by atoms with van der Waals surface area (Å²) in [6, 6.07) is 12.1. The molecule has 1 heterocycles. The summed E-state index contributed by atoms with van der Waals surface area (Å²) in [6.45, 7) is 0. The molecule has 0 N–H and O–H groups in total. The van der Waals surface area contributed by atoms with Crippen LogP contribution in [0.5, 0.6) is 0 Å². The maximum absolute atomic E-state index is 15.1. The van der Waals surface area contributed by atoms with E-state index in [2.05, 4.69) is 21.5 Å². The van der Waals surface area contributed by atoms with Crippen molar-refractivity contribution in [1.29, 1.82) is 0 Å². The second-order valence-electron chi connectivity index (χ2n) is 9.93. The molecule has 0 bridgehead atoms. The van der Waals surface area contributed by atoms with Crippen LogP contribution in [0.2, 0.25) is 0 Å². The summed E-state index contributed by atoms with van der Waals surface area (Å²) in [4.78, 5) is 0. The van der Waals surface area contributed by atoms with E-state index in [1.54, 1.807) is 0 Å². The molecule has 0 aromatic heterocycles. The predicted octanol–water partition coefficient (Wildman–Crippen LogP) is 6.81. The van der Waals surface area contributed by atoms with Gasteiger partial charge in [-0.05, 0) is 44.1 Å². The van der Waals surface area contributed by atoms with Gasteiger partial charge in [0.25, 0.3) is 0 Å². The van der Waals surface area contributed by atoms with Crippen LogP contribution in [0, 0.1) is 0 Å². The summed E-state index contributed by atoms with van der Waals surface area (Å²) in [6.07, 6.45) is 19.5. The van der Waals surface area contributed by atoms with E-state index in [1.165, 1.54) is 89.9 Å². The second kappa shape index (κ2) is 9.27. The van der Waals surface area contributed by atoms with Crippen molar-refractivity contribution in [2.24, 2.45) is 4.76 Å². The predicted molar refractivity (Wildman–Crippen MR) is 125 cm³/mol. The standard InChI is InChI=1S/C25H38N3OP/c29-30(26-20-21-12-4-1-5-13-21)27(22-14-6-2-7-15-22)24-18-10-11-19-25(24)28(30)23-16-8-3-9-17-23/h1,4-5,12-13,20,22-25H,2-3,6-11,14-19H2/b26-20+/t24-,25-/m1/s1. The second-order valence-corrected chi connectivity index (χ2v) is 12.1. The van der Waals surface area contributed by atoms with Gasteiger partial charge in [-0.3, -0.25) is 4.57 Å². The van der Waals surface area contributed by atoms with Gasteiger partial charge >= 0.3 is 7.59 Å². The monoisotopic (exact) mass is 427 g/mol. The largest absolute Gasteiger partial charge is 0.330 e. The normalized spacial score (nSPS) is 31.9. The minimum Gasteiger partial charge on any atom is -0.262 e. The minimum absolute atomic E-state index is 0.447. The molecule has 0 unspecified atom stereocenters. The fraction of sp³-hybridized carbons (Fsp3) is 0.720. The highest BCUT2D eigenvalue weighted by Gasteiger charge is 2.59. The molecule has 3 aliphatic carbocycles. The Morgan fingerprint density at radius 3 is 1.67 bits per heavy atom. The molecule has 1 saturated heterocycles. The van der Waals surface area contributed by atoms with Gasteiger partial charge < -0.3 is 0 Å². The molecule has 164 valence electrons. The van der Waals surface area contributed by atoms with E-state index in [9.17, 15) is 0 Å². The summed E-state index contributed by atoms with van der Waals surface area (Å²) in [5.74, 6) is 0. The van der Waals surface area contributed by atoms with E-state index in [0.717, 1.165) is 5.56 Å². The average molecular weight is 428 g/mol. The van der Waals surface area contributed by atoms with Crippen molar-refractivity contribution in [2.45, 2.75) is 114 Å². The van der Waals surface area contributed by atoms with E-state index in [1.807, 2.05) is 24.4 Å². The topological polar surface area (TPSA) is 35.9 Å². The molecule has 0 amide bonds. The first-order chi connectivity index (χ1) is 14.8. The third-order valence-electron chi connectivity index (χ3n) is 8.03. The van der Waals surface area contributed by atoms with Gasteiger partial charge in [-0.1, -0.05) is 81.7 Å². The molecular formula is C25H38N3OP. The number of nitrogens with zero attached hydrogens (tertiary/aromatic N) is 3. The van der Waals surface area contributed by atoms with Crippen LogP contribution in [-0.2, 0) is 4.57 Å². The Morgan fingerprint density at radius 2 is 1.17 bits per heavy atom. The number of hydrogen-bond donors (Lipinski definition) is 0. The average Bonchev–Trinajstić information content (AvgIpc) is 3.08. The molecule has 5 heteroatoms. The van der Waals surface area contributed by atoms with Crippen LogP contribution in [0.25, 0.3) is 0 Å². The molecule has 0 radical (unpaired) electrons. The van der Waals surface area contributed by atoms with Gasteiger partial charge in [0.05, 0.1) is 0 Å². The third kappa shape index (κ3) is 3.96. The van der Waals surface area contributed by atoms with Gasteiger partial charge in [0.2, 0.25) is 0 Å². The molecule has 4 nitrogen and oxygen atoms in total. The van der Waals surface area contributed by atoms with Gasteiger partial charge in [-0.2, -0.15) is 0 Å². The molecule has 1 aliphatic heterocycles. The van der Waals surface area contributed by atoms with Crippen LogP contribution in [-0.4, -0.2) is 39.7 Å². The van der Waals surface area contributed by atoms with Gasteiger partial charge in [0.1, 0.15) is 0 Å². The van der Waals surface area contributed by atoms with Gasteiger partial charge in [0, 0.05) is 30.4 Å². The lowest BCUT2D eigenvalue weighted by Crippen LogP contribution is -2.45. The van der Waals surface area contributed by atoms with Crippen LogP contribution >= 0.6 is 7.59 Å². The van der Waals surface area contributed by atoms with Gasteiger partial charge in [0.15, 0.2) is 0 Å². The van der Waals surface area contributed by atoms with Crippen molar-refractivity contribution in [1.82, 2.24) is 9.34 Å². The smallest absolute Gasteiger partial charge is 0.262 e. The molecule has 3 saturated carbocycles. The van der Waals surface area contributed by atoms with Crippen LogP contribution in [0.3, 0.4) is 0 Å². The fourth-order valence-electron chi connectivity index (χ4n) is 6.67.